The van der Waals surface area contributed by atoms with Gasteiger partial charge in [-0.15, -0.1) is 0 Å². The van der Waals surface area contributed by atoms with Crippen molar-refractivity contribution in [1.82, 2.24) is 5.32 Å². The second kappa shape index (κ2) is 6.13. The summed E-state index contributed by atoms with van der Waals surface area (Å²) in [6.45, 7) is 3.05. The molecule has 1 amide bonds. The summed E-state index contributed by atoms with van der Waals surface area (Å²) < 4.78 is 29.0. The average molecular weight is 314 g/mol. The minimum absolute atomic E-state index is 0.297. The summed E-state index contributed by atoms with van der Waals surface area (Å²) in [4.78, 5) is 23.5. The summed E-state index contributed by atoms with van der Waals surface area (Å²) >= 11 is 0. The number of nitrogens with one attached hydrogen (secondary N) is 2. The zero-order valence-corrected chi connectivity index (χ0v) is 13.1. The van der Waals surface area contributed by atoms with Gasteiger partial charge in [0.2, 0.25) is 10.0 Å². The second-order valence-corrected chi connectivity index (χ2v) is 6.77. The van der Waals surface area contributed by atoms with Crippen molar-refractivity contribution in [2.75, 3.05) is 18.1 Å². The maximum atomic E-state index is 12.0. The zero-order chi connectivity index (χ0) is 16.3. The lowest BCUT2D eigenvalue weighted by Crippen LogP contribution is -2.50. The number of carbonyl (C=O) groups is 2. The van der Waals surface area contributed by atoms with Gasteiger partial charge >= 0.3 is 5.97 Å². The number of benzene rings is 1. The lowest BCUT2D eigenvalue weighted by atomic mass is 10.0. The molecule has 0 atom stereocenters. The van der Waals surface area contributed by atoms with E-state index >= 15 is 0 Å². The molecule has 0 saturated heterocycles. The van der Waals surface area contributed by atoms with E-state index < -0.39 is 27.4 Å². The molecule has 0 bridgehead atoms. The van der Waals surface area contributed by atoms with Gasteiger partial charge in [-0.3, -0.25) is 9.52 Å². The number of esters is 1. The van der Waals surface area contributed by atoms with Crippen molar-refractivity contribution in [3.05, 3.63) is 29.8 Å². The molecule has 8 heteroatoms. The molecule has 0 aromatic heterocycles. The largest absolute Gasteiger partial charge is 0.467 e. The number of ether oxygens (including phenoxy) is 1. The molecule has 0 fully saturated rings. The molecule has 0 aliphatic heterocycles. The van der Waals surface area contributed by atoms with Crippen molar-refractivity contribution in [2.45, 2.75) is 19.4 Å². The minimum atomic E-state index is -3.37. The molecule has 0 aliphatic carbocycles. The van der Waals surface area contributed by atoms with E-state index in [0.29, 0.717) is 11.3 Å². The van der Waals surface area contributed by atoms with Crippen LogP contribution >= 0.6 is 0 Å². The summed E-state index contributed by atoms with van der Waals surface area (Å²) in [5.41, 5.74) is -0.512. The Hall–Kier alpha value is -2.09. The molecular formula is C13H18N2O5S. The van der Waals surface area contributed by atoms with Crippen LogP contribution in [0.1, 0.15) is 24.2 Å². The van der Waals surface area contributed by atoms with Crippen LogP contribution in [0, 0.1) is 0 Å². The van der Waals surface area contributed by atoms with Crippen LogP contribution < -0.4 is 10.0 Å². The molecule has 116 valence electrons. The molecule has 0 heterocycles. The predicted octanol–water partition coefficient (Wildman–Crippen LogP) is 0.739. The van der Waals surface area contributed by atoms with Gasteiger partial charge in [-0.25, -0.2) is 13.2 Å². The third-order valence-corrected chi connectivity index (χ3v) is 3.18. The fourth-order valence-electron chi connectivity index (χ4n) is 1.57. The fourth-order valence-corrected chi connectivity index (χ4v) is 2.13. The number of anilines is 1. The van der Waals surface area contributed by atoms with Crippen LogP contribution in [-0.4, -0.2) is 39.2 Å². The number of hydrogen-bond acceptors (Lipinski definition) is 5. The van der Waals surface area contributed by atoms with Gasteiger partial charge in [0.25, 0.3) is 5.91 Å². The highest BCUT2D eigenvalue weighted by atomic mass is 32.2. The maximum Gasteiger partial charge on any atom is 0.330 e. The molecule has 7 nitrogen and oxygen atoms in total. The first-order valence-corrected chi connectivity index (χ1v) is 7.93. The minimum Gasteiger partial charge on any atom is -0.467 e. The van der Waals surface area contributed by atoms with Gasteiger partial charge in [-0.1, -0.05) is 0 Å². The Morgan fingerprint density at radius 2 is 1.67 bits per heavy atom. The molecule has 2 N–H and O–H groups in total. The van der Waals surface area contributed by atoms with Crippen LogP contribution in [0.4, 0.5) is 5.69 Å². The van der Waals surface area contributed by atoms with Crippen LogP contribution in [-0.2, 0) is 19.6 Å². The third-order valence-electron chi connectivity index (χ3n) is 2.57. The summed E-state index contributed by atoms with van der Waals surface area (Å²) in [5.74, 6) is -1.03. The lowest BCUT2D eigenvalue weighted by Gasteiger charge is -2.23. The van der Waals surface area contributed by atoms with Crippen molar-refractivity contribution in [1.29, 1.82) is 0 Å². The topological polar surface area (TPSA) is 102 Å². The van der Waals surface area contributed by atoms with Crippen LogP contribution in [0.15, 0.2) is 24.3 Å². The Labute approximate surface area is 123 Å². The standard InChI is InChI=1S/C13H18N2O5S/c1-13(2,12(17)20-3)14-11(16)9-5-7-10(8-6-9)15-21(4,18)19/h5-8,15H,1-4H3,(H,14,16). The van der Waals surface area contributed by atoms with E-state index in [4.69, 9.17) is 0 Å². The molecule has 21 heavy (non-hydrogen) atoms. The second-order valence-electron chi connectivity index (χ2n) is 5.02. The van der Waals surface area contributed by atoms with Crippen molar-refractivity contribution in [3.8, 4) is 0 Å². The van der Waals surface area contributed by atoms with Gasteiger partial charge in [0.1, 0.15) is 5.54 Å². The van der Waals surface area contributed by atoms with E-state index in [0.717, 1.165) is 6.26 Å². The van der Waals surface area contributed by atoms with E-state index in [9.17, 15) is 18.0 Å². The van der Waals surface area contributed by atoms with Gasteiger partial charge in [0.15, 0.2) is 0 Å². The summed E-state index contributed by atoms with van der Waals surface area (Å²) in [7, 11) is -2.13. The van der Waals surface area contributed by atoms with Gasteiger partial charge in [-0.05, 0) is 38.1 Å². The number of sulfonamides is 1. The van der Waals surface area contributed by atoms with Crippen molar-refractivity contribution in [2.24, 2.45) is 0 Å². The number of hydrogen-bond donors (Lipinski definition) is 2. The molecule has 0 unspecified atom stereocenters. The first kappa shape index (κ1) is 17.0. The average Bonchev–Trinajstić information content (AvgIpc) is 2.36. The monoisotopic (exact) mass is 314 g/mol. The summed E-state index contributed by atoms with van der Waals surface area (Å²) in [5, 5.41) is 2.54. The fraction of sp³-hybridized carbons (Fsp3) is 0.385. The molecule has 1 aromatic carbocycles. The van der Waals surface area contributed by atoms with Crippen LogP contribution in [0.3, 0.4) is 0 Å². The Kier molecular flexibility index (Phi) is 4.95. The molecule has 0 radical (unpaired) electrons. The first-order chi connectivity index (χ1) is 9.55. The Balaban J connectivity index is 2.83. The maximum absolute atomic E-state index is 12.0. The smallest absolute Gasteiger partial charge is 0.330 e. The first-order valence-electron chi connectivity index (χ1n) is 6.04. The Bertz CT molecular complexity index is 635. The predicted molar refractivity (Wildman–Crippen MR) is 78.5 cm³/mol. The number of rotatable bonds is 5. The number of carbonyl (C=O) groups excluding carboxylic acids is 2. The van der Waals surface area contributed by atoms with Crippen LogP contribution in [0.2, 0.25) is 0 Å². The van der Waals surface area contributed by atoms with Gasteiger partial charge in [-0.2, -0.15) is 0 Å². The highest BCUT2D eigenvalue weighted by molar-refractivity contribution is 7.92. The third kappa shape index (κ3) is 5.07. The van der Waals surface area contributed by atoms with Crippen molar-refractivity contribution in [3.63, 3.8) is 0 Å². The number of amides is 1. The van der Waals surface area contributed by atoms with Crippen molar-refractivity contribution >= 4 is 27.6 Å². The molecule has 0 spiro atoms. The SMILES string of the molecule is COC(=O)C(C)(C)NC(=O)c1ccc(NS(C)(=O)=O)cc1. The highest BCUT2D eigenvalue weighted by Gasteiger charge is 2.30. The van der Waals surface area contributed by atoms with Gasteiger partial charge in [0.05, 0.1) is 13.4 Å². The lowest BCUT2D eigenvalue weighted by molar-refractivity contribution is -0.146. The van der Waals surface area contributed by atoms with Gasteiger partial charge in [0, 0.05) is 11.3 Å². The van der Waals surface area contributed by atoms with E-state index in [-0.39, 0.29) is 0 Å². The number of methoxy groups -OCH3 is 1. The summed E-state index contributed by atoms with van der Waals surface area (Å²) in [6.07, 6.45) is 1.03. The van der Waals surface area contributed by atoms with E-state index in [1.807, 2.05) is 0 Å². The summed E-state index contributed by atoms with van der Waals surface area (Å²) in [6, 6.07) is 5.83. The molecule has 1 rings (SSSR count). The normalized spacial score (nSPS) is 11.6. The van der Waals surface area contributed by atoms with Crippen LogP contribution in [0.25, 0.3) is 0 Å². The Morgan fingerprint density at radius 3 is 2.10 bits per heavy atom. The van der Waals surface area contributed by atoms with E-state index in [1.54, 1.807) is 0 Å². The van der Waals surface area contributed by atoms with Gasteiger partial charge < -0.3 is 10.1 Å². The highest BCUT2D eigenvalue weighted by Crippen LogP contribution is 2.12. The molecule has 0 aliphatic rings. The quantitative estimate of drug-likeness (QED) is 0.781. The molecule has 0 saturated carbocycles. The van der Waals surface area contributed by atoms with Crippen LogP contribution in [0.5, 0.6) is 0 Å². The van der Waals surface area contributed by atoms with Crippen molar-refractivity contribution < 1.29 is 22.7 Å². The van der Waals surface area contributed by atoms with E-state index in [1.165, 1.54) is 45.2 Å². The van der Waals surface area contributed by atoms with E-state index in [2.05, 4.69) is 14.8 Å². The molecular weight excluding hydrogens is 296 g/mol. The Morgan fingerprint density at radius 1 is 1.14 bits per heavy atom. The zero-order valence-electron chi connectivity index (χ0n) is 12.3. The molecule has 1 aromatic rings.